The number of aryl methyl sites for hydroxylation is 1. The van der Waals surface area contributed by atoms with Crippen LogP contribution in [0.2, 0.25) is 0 Å². The number of rotatable bonds is 14. The van der Waals surface area contributed by atoms with Crippen LogP contribution in [-0.2, 0) is 16.5 Å². The number of aliphatic hydroxyl groups excluding tert-OH is 3. The van der Waals surface area contributed by atoms with Gasteiger partial charge in [-0.2, -0.15) is 8.42 Å². The maximum atomic E-state index is 11.3. The van der Waals surface area contributed by atoms with Gasteiger partial charge in [0.15, 0.2) is 0 Å². The molecule has 0 aliphatic heterocycles. The second-order valence-corrected chi connectivity index (χ2v) is 8.71. The number of unbranched alkanes of at least 4 members (excludes halogenated alkanes) is 9. The van der Waals surface area contributed by atoms with E-state index in [2.05, 4.69) is 6.92 Å². The van der Waals surface area contributed by atoms with Gasteiger partial charge in [0.25, 0.3) is 10.1 Å². The van der Waals surface area contributed by atoms with E-state index in [-0.39, 0.29) is 18.1 Å². The topological polar surface area (TPSA) is 173 Å². The van der Waals surface area contributed by atoms with Gasteiger partial charge in [0.05, 0.1) is 18.1 Å². The number of hydrogen-bond acceptors (Lipinski definition) is 6. The highest BCUT2D eigenvalue weighted by Gasteiger charge is 2.13. The molecule has 0 amide bonds. The lowest BCUT2D eigenvalue weighted by Gasteiger charge is -2.07. The van der Waals surface area contributed by atoms with E-state index in [9.17, 15) is 13.0 Å². The van der Waals surface area contributed by atoms with Gasteiger partial charge in [-0.15, -0.1) is 0 Å². The number of carbonyl (C=O) groups is 1. The molecule has 0 saturated heterocycles. The molecule has 0 spiro atoms. The van der Waals surface area contributed by atoms with Crippen molar-refractivity contribution in [3.63, 3.8) is 0 Å². The van der Waals surface area contributed by atoms with Crippen LogP contribution in [0, 0.1) is 0 Å². The fraction of sp³-hybridized carbons (Fsp3) is 0.682. The minimum Gasteiger partial charge on any atom is -0.450 e. The van der Waals surface area contributed by atoms with Crippen LogP contribution in [-0.4, -0.2) is 64.0 Å². The quantitative estimate of drug-likeness (QED) is 0.170. The summed E-state index contributed by atoms with van der Waals surface area (Å²) < 4.78 is 31.8. The van der Waals surface area contributed by atoms with Crippen LogP contribution in [0.25, 0.3) is 0 Å². The lowest BCUT2D eigenvalue weighted by atomic mass is 10.0. The summed E-state index contributed by atoms with van der Waals surface area (Å²) in [6.45, 7) is 1.51. The fourth-order valence-electron chi connectivity index (χ4n) is 2.82. The Balaban J connectivity index is 0. The van der Waals surface area contributed by atoms with E-state index in [1.165, 1.54) is 57.4 Å². The number of carboxylic acid groups (broad SMARTS) is 2. The summed E-state index contributed by atoms with van der Waals surface area (Å²) in [6.07, 6.45) is 10.5. The Morgan fingerprint density at radius 2 is 1.25 bits per heavy atom. The standard InChI is InChI=1S/C18H30O3S.C3H8O3.CH2O3/c1-2-3-4-5-6-7-8-9-10-11-14-17-15-12-13-16-18(17)22(19,20)21;4-1-3(6)2-5;2-1(3)4/h12-13,15-16H,2-11,14H2,1H3,(H,19,20,21);3-6H,1-2H2;(H2,2,3,4). The molecule has 0 aliphatic rings. The summed E-state index contributed by atoms with van der Waals surface area (Å²) in [6, 6.07) is 6.73. The predicted octanol–water partition coefficient (Wildman–Crippen LogP) is 3.95. The van der Waals surface area contributed by atoms with Gasteiger partial charge >= 0.3 is 6.16 Å². The molecular formula is C22H40O9S. The van der Waals surface area contributed by atoms with Gasteiger partial charge in [0, 0.05) is 0 Å². The first-order valence-electron chi connectivity index (χ1n) is 11.0. The van der Waals surface area contributed by atoms with Crippen molar-refractivity contribution in [2.45, 2.75) is 88.6 Å². The van der Waals surface area contributed by atoms with Crippen molar-refractivity contribution < 1.29 is 43.3 Å². The van der Waals surface area contributed by atoms with Crippen molar-refractivity contribution in [2.75, 3.05) is 13.2 Å². The van der Waals surface area contributed by atoms with E-state index in [4.69, 9.17) is 30.3 Å². The summed E-state index contributed by atoms with van der Waals surface area (Å²) in [5.74, 6) is 0. The van der Waals surface area contributed by atoms with E-state index >= 15 is 0 Å². The van der Waals surface area contributed by atoms with Gasteiger partial charge < -0.3 is 25.5 Å². The molecule has 0 fully saturated rings. The Morgan fingerprint density at radius 1 is 0.844 bits per heavy atom. The Kier molecular flexibility index (Phi) is 21.4. The largest absolute Gasteiger partial charge is 0.503 e. The Hall–Kier alpha value is -1.72. The minimum absolute atomic E-state index is 0.0610. The van der Waals surface area contributed by atoms with Gasteiger partial charge in [0.2, 0.25) is 0 Å². The molecule has 188 valence electrons. The maximum absolute atomic E-state index is 11.3. The molecule has 10 heteroatoms. The molecule has 0 heterocycles. The Labute approximate surface area is 191 Å². The van der Waals surface area contributed by atoms with Crippen LogP contribution in [0.4, 0.5) is 4.79 Å². The lowest BCUT2D eigenvalue weighted by Crippen LogP contribution is -2.15. The zero-order valence-electron chi connectivity index (χ0n) is 18.9. The summed E-state index contributed by atoms with van der Waals surface area (Å²) in [7, 11) is -4.10. The SMILES string of the molecule is CCCCCCCCCCCCc1ccccc1S(=O)(=O)O.O=C(O)O.OCC(O)CO. The lowest BCUT2D eigenvalue weighted by molar-refractivity contribution is 0.0450. The second kappa shape index (κ2) is 21.1. The van der Waals surface area contributed by atoms with Crippen LogP contribution < -0.4 is 0 Å². The Morgan fingerprint density at radius 3 is 1.62 bits per heavy atom. The highest BCUT2D eigenvalue weighted by Crippen LogP contribution is 2.18. The zero-order valence-corrected chi connectivity index (χ0v) is 19.7. The molecule has 9 nitrogen and oxygen atoms in total. The van der Waals surface area contributed by atoms with E-state index in [1.54, 1.807) is 12.1 Å². The van der Waals surface area contributed by atoms with Crippen LogP contribution in [0.15, 0.2) is 29.2 Å². The molecule has 0 aromatic heterocycles. The smallest absolute Gasteiger partial charge is 0.450 e. The van der Waals surface area contributed by atoms with E-state index in [0.29, 0.717) is 6.42 Å². The molecule has 6 N–H and O–H groups in total. The zero-order chi connectivity index (χ0) is 24.8. The Bertz CT molecular complexity index is 670. The highest BCUT2D eigenvalue weighted by atomic mass is 32.2. The number of benzene rings is 1. The van der Waals surface area contributed by atoms with E-state index in [0.717, 1.165) is 18.4 Å². The second-order valence-electron chi connectivity index (χ2n) is 7.32. The molecule has 32 heavy (non-hydrogen) atoms. The van der Waals surface area contributed by atoms with E-state index < -0.39 is 22.4 Å². The van der Waals surface area contributed by atoms with Crippen molar-refractivity contribution in [1.82, 2.24) is 0 Å². The number of aliphatic hydroxyl groups is 3. The molecule has 1 aromatic rings. The predicted molar refractivity (Wildman–Crippen MR) is 123 cm³/mol. The first-order valence-corrected chi connectivity index (χ1v) is 12.4. The van der Waals surface area contributed by atoms with Crippen molar-refractivity contribution in [3.8, 4) is 0 Å². The maximum Gasteiger partial charge on any atom is 0.503 e. The first kappa shape index (κ1) is 32.5. The van der Waals surface area contributed by atoms with Crippen molar-refractivity contribution in [3.05, 3.63) is 29.8 Å². The minimum atomic E-state index is -4.10. The van der Waals surface area contributed by atoms with Gasteiger partial charge in [-0.25, -0.2) is 4.79 Å². The van der Waals surface area contributed by atoms with Crippen LogP contribution in [0.1, 0.15) is 76.7 Å². The summed E-state index contributed by atoms with van der Waals surface area (Å²) in [4.78, 5) is 8.62. The number of hydrogen-bond donors (Lipinski definition) is 6. The molecule has 1 aromatic carbocycles. The first-order chi connectivity index (χ1) is 15.1. The summed E-state index contributed by atoms with van der Waals surface area (Å²) in [5.41, 5.74) is 0.726. The monoisotopic (exact) mass is 480 g/mol. The highest BCUT2D eigenvalue weighted by molar-refractivity contribution is 7.85. The van der Waals surface area contributed by atoms with Crippen molar-refractivity contribution in [1.29, 1.82) is 0 Å². The fourth-order valence-corrected chi connectivity index (χ4v) is 3.57. The molecule has 0 radical (unpaired) electrons. The average Bonchev–Trinajstić information content (AvgIpc) is 2.74. The van der Waals surface area contributed by atoms with Gasteiger partial charge in [0.1, 0.15) is 6.10 Å². The van der Waals surface area contributed by atoms with Crippen LogP contribution >= 0.6 is 0 Å². The molecule has 0 aliphatic carbocycles. The third kappa shape index (κ3) is 21.5. The molecule has 0 saturated carbocycles. The molecular weight excluding hydrogens is 440 g/mol. The van der Waals surface area contributed by atoms with E-state index in [1.807, 2.05) is 6.07 Å². The summed E-state index contributed by atoms with van der Waals surface area (Å²) >= 11 is 0. The molecule has 0 bridgehead atoms. The summed E-state index contributed by atoms with van der Waals surface area (Å²) in [5, 5.41) is 38.0. The third-order valence-corrected chi connectivity index (χ3v) is 5.43. The van der Waals surface area contributed by atoms with Gasteiger partial charge in [-0.3, -0.25) is 4.55 Å². The van der Waals surface area contributed by atoms with Crippen LogP contribution in [0.5, 0.6) is 0 Å². The van der Waals surface area contributed by atoms with Crippen molar-refractivity contribution >= 4 is 16.3 Å². The van der Waals surface area contributed by atoms with Gasteiger partial charge in [-0.1, -0.05) is 82.9 Å². The van der Waals surface area contributed by atoms with Crippen molar-refractivity contribution in [2.24, 2.45) is 0 Å². The average molecular weight is 481 g/mol. The van der Waals surface area contributed by atoms with Gasteiger partial charge in [-0.05, 0) is 24.5 Å². The third-order valence-electron chi connectivity index (χ3n) is 4.47. The van der Waals surface area contributed by atoms with Crippen LogP contribution in [0.3, 0.4) is 0 Å². The molecule has 1 rings (SSSR count). The normalized spacial score (nSPS) is 10.7. The molecule has 0 atom stereocenters. The molecule has 0 unspecified atom stereocenters.